The summed E-state index contributed by atoms with van der Waals surface area (Å²) in [7, 11) is 5.56. The van der Waals surface area contributed by atoms with Crippen molar-refractivity contribution in [1.29, 1.82) is 0 Å². The summed E-state index contributed by atoms with van der Waals surface area (Å²) < 4.78 is 17.1. The third-order valence-electron chi connectivity index (χ3n) is 5.81. The first kappa shape index (κ1) is 25.7. The van der Waals surface area contributed by atoms with Crippen LogP contribution in [0.15, 0.2) is 72.9 Å². The Morgan fingerprint density at radius 2 is 1.57 bits per heavy atom. The Balaban J connectivity index is 1.44. The van der Waals surface area contributed by atoms with Crippen molar-refractivity contribution in [3.8, 4) is 23.0 Å². The van der Waals surface area contributed by atoms with E-state index in [1.165, 1.54) is 0 Å². The number of rotatable bonds is 11. The summed E-state index contributed by atoms with van der Waals surface area (Å²) in [6, 6.07) is 20.3. The van der Waals surface area contributed by atoms with Gasteiger partial charge >= 0.3 is 0 Å². The lowest BCUT2D eigenvalue weighted by Gasteiger charge is -2.14. The monoisotopic (exact) mass is 495 g/mol. The number of methoxy groups -OCH3 is 1. The maximum atomic E-state index is 12.5. The van der Waals surface area contributed by atoms with Crippen LogP contribution in [0.5, 0.6) is 23.0 Å². The molecule has 0 aliphatic carbocycles. The lowest BCUT2D eigenvalue weighted by Crippen LogP contribution is -2.19. The van der Waals surface area contributed by atoms with Crippen molar-refractivity contribution >= 4 is 22.4 Å². The molecule has 0 spiro atoms. The van der Waals surface area contributed by atoms with Gasteiger partial charge in [-0.15, -0.1) is 0 Å². The van der Waals surface area contributed by atoms with Crippen molar-refractivity contribution in [3.63, 3.8) is 0 Å². The van der Waals surface area contributed by atoms with Gasteiger partial charge in [0.1, 0.15) is 28.8 Å². The summed E-state index contributed by atoms with van der Waals surface area (Å²) in [5.74, 6) is 2.65. The molecule has 7 heteroatoms. The van der Waals surface area contributed by atoms with Gasteiger partial charge in [-0.1, -0.05) is 24.3 Å². The molecule has 0 radical (unpaired) electrons. The zero-order valence-electron chi connectivity index (χ0n) is 21.2. The number of benzene rings is 3. The lowest BCUT2D eigenvalue weighted by atomic mass is 10.0. The van der Waals surface area contributed by atoms with Gasteiger partial charge in [0.25, 0.3) is 0 Å². The second kappa shape index (κ2) is 12.0. The third-order valence-corrected chi connectivity index (χ3v) is 5.81. The van der Waals surface area contributed by atoms with E-state index in [4.69, 9.17) is 20.8 Å². The van der Waals surface area contributed by atoms with Crippen LogP contribution in [0.1, 0.15) is 11.1 Å². The minimum atomic E-state index is 0.134. The fourth-order valence-electron chi connectivity index (χ4n) is 3.83. The third kappa shape index (κ3) is 6.84. The van der Waals surface area contributed by atoms with Gasteiger partial charge in [-0.05, 0) is 67.7 Å². The van der Waals surface area contributed by atoms with E-state index in [2.05, 4.69) is 9.83 Å². The van der Waals surface area contributed by atoms with Crippen LogP contribution in [-0.4, -0.2) is 50.0 Å². The molecule has 0 aliphatic heterocycles. The molecule has 0 aliphatic rings. The van der Waals surface area contributed by atoms with Crippen LogP contribution in [0.3, 0.4) is 0 Å². The predicted molar refractivity (Wildman–Crippen MR) is 144 cm³/mol. The SMILES string of the molecule is [C-]#[N+]c1cc2c(Oc3ccc(CC(=O)Cc4ccc(OC)cc4)cc3)ccnc2cc1OCCN(C)C. The molecule has 0 bridgehead atoms. The second-order valence-corrected chi connectivity index (χ2v) is 8.90. The zero-order chi connectivity index (χ0) is 26.2. The number of fused-ring (bicyclic) bond motifs is 1. The number of likely N-dealkylation sites (N-methyl/N-ethyl adjacent to an activating group) is 1. The van der Waals surface area contributed by atoms with Crippen molar-refractivity contribution in [3.05, 3.63) is 95.5 Å². The van der Waals surface area contributed by atoms with E-state index in [0.29, 0.717) is 47.9 Å². The lowest BCUT2D eigenvalue weighted by molar-refractivity contribution is -0.117. The summed E-state index contributed by atoms with van der Waals surface area (Å²) in [6.45, 7) is 8.80. The molecule has 7 nitrogen and oxygen atoms in total. The Morgan fingerprint density at radius 1 is 0.919 bits per heavy atom. The van der Waals surface area contributed by atoms with E-state index >= 15 is 0 Å². The number of ketones is 1. The molecule has 3 aromatic carbocycles. The Kier molecular flexibility index (Phi) is 8.34. The largest absolute Gasteiger partial charge is 0.503 e. The van der Waals surface area contributed by atoms with E-state index in [0.717, 1.165) is 28.8 Å². The van der Waals surface area contributed by atoms with Crippen LogP contribution >= 0.6 is 0 Å². The van der Waals surface area contributed by atoms with Gasteiger partial charge < -0.3 is 19.1 Å². The normalized spacial score (nSPS) is 10.8. The fourth-order valence-corrected chi connectivity index (χ4v) is 3.83. The van der Waals surface area contributed by atoms with Crippen molar-refractivity contribution in [2.45, 2.75) is 12.8 Å². The van der Waals surface area contributed by atoms with Crippen LogP contribution in [-0.2, 0) is 17.6 Å². The first-order chi connectivity index (χ1) is 17.9. The highest BCUT2D eigenvalue weighted by molar-refractivity contribution is 5.91. The minimum absolute atomic E-state index is 0.134. The molecule has 188 valence electrons. The van der Waals surface area contributed by atoms with Crippen LogP contribution < -0.4 is 14.2 Å². The topological polar surface area (TPSA) is 65.2 Å². The smallest absolute Gasteiger partial charge is 0.229 e. The van der Waals surface area contributed by atoms with Gasteiger partial charge in [0.15, 0.2) is 0 Å². The summed E-state index contributed by atoms with van der Waals surface area (Å²) >= 11 is 0. The molecular weight excluding hydrogens is 466 g/mol. The second-order valence-electron chi connectivity index (χ2n) is 8.90. The standard InChI is InChI=1S/C30H29N3O4/c1-31-28-19-26-27(20-30(28)36-16-15-33(2)3)32-14-13-29(26)37-25-11-7-22(8-12-25)18-23(34)17-21-5-9-24(35-4)10-6-21/h5-14,19-20H,15-18H2,2-4H3. The number of pyridine rings is 1. The molecule has 1 heterocycles. The summed E-state index contributed by atoms with van der Waals surface area (Å²) in [5.41, 5.74) is 2.97. The molecule has 0 amide bonds. The van der Waals surface area contributed by atoms with Crippen LogP contribution in [0.4, 0.5) is 5.69 Å². The van der Waals surface area contributed by atoms with Gasteiger partial charge in [0, 0.05) is 31.0 Å². The Bertz CT molecular complexity index is 1410. The number of hydrogen-bond acceptors (Lipinski definition) is 6. The Labute approximate surface area is 217 Å². The van der Waals surface area contributed by atoms with Crippen LogP contribution in [0.25, 0.3) is 15.7 Å². The summed E-state index contributed by atoms with van der Waals surface area (Å²) in [5, 5.41) is 0.729. The van der Waals surface area contributed by atoms with Gasteiger partial charge in [-0.25, -0.2) is 4.85 Å². The average molecular weight is 496 g/mol. The fraction of sp³-hybridized carbons (Fsp3) is 0.233. The highest BCUT2D eigenvalue weighted by atomic mass is 16.5. The molecule has 0 saturated heterocycles. The van der Waals surface area contributed by atoms with Crippen molar-refractivity contribution in [1.82, 2.24) is 9.88 Å². The van der Waals surface area contributed by atoms with E-state index in [1.807, 2.05) is 67.5 Å². The molecule has 0 saturated carbocycles. The highest BCUT2D eigenvalue weighted by Gasteiger charge is 2.12. The molecule has 0 atom stereocenters. The Morgan fingerprint density at radius 3 is 2.16 bits per heavy atom. The number of aromatic nitrogens is 1. The molecule has 4 aromatic rings. The number of ether oxygens (including phenoxy) is 3. The average Bonchev–Trinajstić information content (AvgIpc) is 2.90. The first-order valence-electron chi connectivity index (χ1n) is 11.9. The van der Waals surface area contributed by atoms with E-state index in [-0.39, 0.29) is 5.78 Å². The summed E-state index contributed by atoms with van der Waals surface area (Å²) in [4.78, 5) is 22.6. The first-order valence-corrected chi connectivity index (χ1v) is 11.9. The maximum absolute atomic E-state index is 12.5. The maximum Gasteiger partial charge on any atom is 0.229 e. The number of nitrogens with zero attached hydrogens (tertiary/aromatic N) is 3. The van der Waals surface area contributed by atoms with E-state index in [9.17, 15) is 4.79 Å². The number of carbonyl (C=O) groups excluding carboxylic acids is 1. The van der Waals surface area contributed by atoms with Crippen LogP contribution in [0.2, 0.25) is 0 Å². The molecule has 1 aromatic heterocycles. The number of hydrogen-bond donors (Lipinski definition) is 0. The van der Waals surface area contributed by atoms with Crippen molar-refractivity contribution in [2.75, 3.05) is 34.4 Å². The minimum Gasteiger partial charge on any atom is -0.503 e. The molecule has 37 heavy (non-hydrogen) atoms. The van der Waals surface area contributed by atoms with Gasteiger partial charge in [-0.2, -0.15) is 0 Å². The number of carbonyl (C=O) groups is 1. The summed E-state index contributed by atoms with van der Waals surface area (Å²) in [6.07, 6.45) is 2.38. The van der Waals surface area contributed by atoms with E-state index < -0.39 is 0 Å². The molecule has 0 unspecified atom stereocenters. The van der Waals surface area contributed by atoms with Gasteiger partial charge in [0.05, 0.1) is 25.8 Å². The van der Waals surface area contributed by atoms with Crippen LogP contribution in [0, 0.1) is 6.57 Å². The highest BCUT2D eigenvalue weighted by Crippen LogP contribution is 2.37. The van der Waals surface area contributed by atoms with Gasteiger partial charge in [0.2, 0.25) is 5.69 Å². The molecule has 4 rings (SSSR count). The van der Waals surface area contributed by atoms with Crippen molar-refractivity contribution < 1.29 is 19.0 Å². The van der Waals surface area contributed by atoms with E-state index in [1.54, 1.807) is 31.5 Å². The Hall–Kier alpha value is -4.41. The number of Topliss-reactive ketones (excluding diaryl/α,β-unsaturated/α-hetero) is 1. The van der Waals surface area contributed by atoms with Crippen molar-refractivity contribution in [2.24, 2.45) is 0 Å². The molecule has 0 fully saturated rings. The molecular formula is C30H29N3O4. The van der Waals surface area contributed by atoms with Gasteiger partial charge in [-0.3, -0.25) is 9.78 Å². The quantitative estimate of drug-likeness (QED) is 0.242. The zero-order valence-corrected chi connectivity index (χ0v) is 21.2. The molecule has 0 N–H and O–H groups in total. The predicted octanol–water partition coefficient (Wildman–Crippen LogP) is 5.88.